The minimum Gasteiger partial charge on any atom is -0.490 e. The number of benzene rings is 1. The lowest BCUT2D eigenvalue weighted by molar-refractivity contribution is -0.253. The van der Waals surface area contributed by atoms with Crippen molar-refractivity contribution in [3.63, 3.8) is 0 Å². The summed E-state index contributed by atoms with van der Waals surface area (Å²) in [5.74, 6) is 0.886. The fourth-order valence-electron chi connectivity index (χ4n) is 5.14. The molecule has 4 heterocycles. The number of hydrogen-bond donors (Lipinski definition) is 1. The molecule has 0 unspecified atom stereocenters. The van der Waals surface area contributed by atoms with Gasteiger partial charge in [-0.2, -0.15) is 0 Å². The molecule has 4 aliphatic heterocycles. The molecule has 23 heavy (non-hydrogen) atoms. The van der Waals surface area contributed by atoms with Crippen LogP contribution in [0.3, 0.4) is 0 Å². The SMILES string of the molecule is C=CCOc1ccc(C2N3CC4(C)CN2CC(C)(C3)C4O)cc1. The predicted molar refractivity (Wildman–Crippen MR) is 90.2 cm³/mol. The standard InChI is InChI=1S/C19H26N2O2/c1-4-9-23-15-7-5-14(6-8-15)16-20-10-18(2)11-21(16)13-19(3,12-20)17(18)22/h4-8,16-17,22H,1,9-13H2,2-3H3. The third-order valence-electron chi connectivity index (χ3n) is 5.82. The molecule has 4 aliphatic rings. The fourth-order valence-corrected chi connectivity index (χ4v) is 5.14. The van der Waals surface area contributed by atoms with Crippen molar-refractivity contribution in [3.05, 3.63) is 42.5 Å². The van der Waals surface area contributed by atoms with Crippen LogP contribution in [0.15, 0.2) is 36.9 Å². The van der Waals surface area contributed by atoms with Crippen molar-refractivity contribution in [1.29, 1.82) is 0 Å². The van der Waals surface area contributed by atoms with E-state index in [1.54, 1.807) is 6.08 Å². The third-order valence-corrected chi connectivity index (χ3v) is 5.82. The van der Waals surface area contributed by atoms with Crippen molar-refractivity contribution < 1.29 is 9.84 Å². The van der Waals surface area contributed by atoms with Crippen LogP contribution in [0.1, 0.15) is 25.6 Å². The summed E-state index contributed by atoms with van der Waals surface area (Å²) in [6, 6.07) is 8.44. The molecule has 1 aromatic carbocycles. The van der Waals surface area contributed by atoms with Crippen LogP contribution in [0.5, 0.6) is 5.75 Å². The Balaban J connectivity index is 1.59. The molecule has 0 saturated carbocycles. The zero-order valence-electron chi connectivity index (χ0n) is 14.0. The third kappa shape index (κ3) is 2.24. The molecule has 4 saturated heterocycles. The van der Waals surface area contributed by atoms with Crippen LogP contribution in [-0.4, -0.2) is 53.8 Å². The molecule has 0 aliphatic carbocycles. The fraction of sp³-hybridized carbons (Fsp3) is 0.579. The first-order chi connectivity index (χ1) is 11.0. The monoisotopic (exact) mass is 314 g/mol. The van der Waals surface area contributed by atoms with E-state index in [0.29, 0.717) is 12.8 Å². The highest BCUT2D eigenvalue weighted by Crippen LogP contribution is 2.54. The van der Waals surface area contributed by atoms with Crippen molar-refractivity contribution in [3.8, 4) is 5.75 Å². The van der Waals surface area contributed by atoms with Crippen LogP contribution in [0.4, 0.5) is 0 Å². The van der Waals surface area contributed by atoms with Crippen molar-refractivity contribution in [2.24, 2.45) is 10.8 Å². The molecule has 0 radical (unpaired) electrons. The number of aliphatic hydroxyl groups is 1. The predicted octanol–water partition coefficient (Wildman–Crippen LogP) is 2.27. The molecule has 5 rings (SSSR count). The molecular formula is C19H26N2O2. The van der Waals surface area contributed by atoms with E-state index in [1.165, 1.54) is 5.56 Å². The molecule has 0 aromatic heterocycles. The average Bonchev–Trinajstić information content (AvgIpc) is 2.50. The average molecular weight is 314 g/mol. The van der Waals surface area contributed by atoms with Crippen LogP contribution in [0.2, 0.25) is 0 Å². The topological polar surface area (TPSA) is 35.9 Å². The number of piperidine rings is 2. The second kappa shape index (κ2) is 5.07. The maximum atomic E-state index is 10.7. The van der Waals surface area contributed by atoms with E-state index >= 15 is 0 Å². The Morgan fingerprint density at radius 2 is 1.65 bits per heavy atom. The summed E-state index contributed by atoms with van der Waals surface area (Å²) in [6.45, 7) is 12.6. The molecule has 0 spiro atoms. The van der Waals surface area contributed by atoms with Crippen LogP contribution in [0, 0.1) is 10.8 Å². The number of rotatable bonds is 4. The molecule has 4 fully saturated rings. The highest BCUT2D eigenvalue weighted by molar-refractivity contribution is 5.31. The van der Waals surface area contributed by atoms with Gasteiger partial charge in [-0.05, 0) is 17.7 Å². The second-order valence-electron chi connectivity index (χ2n) is 8.06. The Kier molecular flexibility index (Phi) is 3.34. The lowest BCUT2D eigenvalue weighted by atomic mass is 9.60. The van der Waals surface area contributed by atoms with Gasteiger partial charge in [0.05, 0.1) is 12.3 Å². The van der Waals surface area contributed by atoms with Gasteiger partial charge in [0, 0.05) is 37.0 Å². The van der Waals surface area contributed by atoms with Crippen LogP contribution in [-0.2, 0) is 0 Å². The lowest BCUT2D eigenvalue weighted by Gasteiger charge is -2.68. The largest absolute Gasteiger partial charge is 0.490 e. The van der Waals surface area contributed by atoms with Gasteiger partial charge in [-0.25, -0.2) is 0 Å². The van der Waals surface area contributed by atoms with Gasteiger partial charge in [-0.3, -0.25) is 9.80 Å². The van der Waals surface area contributed by atoms with E-state index < -0.39 is 0 Å². The van der Waals surface area contributed by atoms with E-state index in [-0.39, 0.29) is 16.9 Å². The van der Waals surface area contributed by atoms with Crippen LogP contribution < -0.4 is 4.74 Å². The minimum absolute atomic E-state index is 0.00520. The van der Waals surface area contributed by atoms with Gasteiger partial charge >= 0.3 is 0 Å². The van der Waals surface area contributed by atoms with E-state index in [4.69, 9.17) is 4.74 Å². The molecule has 0 amide bonds. The summed E-state index contributed by atoms with van der Waals surface area (Å²) < 4.78 is 5.58. The first kappa shape index (κ1) is 15.2. The normalized spacial score (nSPS) is 44.3. The van der Waals surface area contributed by atoms with Crippen molar-refractivity contribution in [2.45, 2.75) is 26.1 Å². The van der Waals surface area contributed by atoms with Gasteiger partial charge in [0.25, 0.3) is 0 Å². The first-order valence-electron chi connectivity index (χ1n) is 8.45. The molecule has 124 valence electrons. The summed E-state index contributed by atoms with van der Waals surface area (Å²) in [4.78, 5) is 5.08. The maximum absolute atomic E-state index is 10.7. The van der Waals surface area contributed by atoms with Crippen LogP contribution in [0.25, 0.3) is 0 Å². The van der Waals surface area contributed by atoms with Gasteiger partial charge in [0.1, 0.15) is 12.4 Å². The van der Waals surface area contributed by atoms with Crippen molar-refractivity contribution in [1.82, 2.24) is 9.80 Å². The van der Waals surface area contributed by atoms with E-state index in [0.717, 1.165) is 31.9 Å². The highest BCUT2D eigenvalue weighted by atomic mass is 16.5. The zero-order chi connectivity index (χ0) is 16.2. The summed E-state index contributed by atoms with van der Waals surface area (Å²) in [7, 11) is 0. The molecule has 0 atom stereocenters. The lowest BCUT2D eigenvalue weighted by Crippen LogP contribution is -2.76. The highest BCUT2D eigenvalue weighted by Gasteiger charge is 2.61. The van der Waals surface area contributed by atoms with Gasteiger partial charge in [-0.15, -0.1) is 0 Å². The molecule has 4 nitrogen and oxygen atoms in total. The van der Waals surface area contributed by atoms with E-state index in [1.807, 2.05) is 12.1 Å². The molecule has 4 bridgehead atoms. The molecule has 1 aromatic rings. The summed E-state index contributed by atoms with van der Waals surface area (Å²) in [6.07, 6.45) is 1.89. The second-order valence-corrected chi connectivity index (χ2v) is 8.06. The van der Waals surface area contributed by atoms with E-state index in [9.17, 15) is 5.11 Å². The number of nitrogens with zero attached hydrogens (tertiary/aromatic N) is 2. The Hall–Kier alpha value is -1.36. The zero-order valence-corrected chi connectivity index (χ0v) is 14.0. The minimum atomic E-state index is -0.196. The van der Waals surface area contributed by atoms with Crippen molar-refractivity contribution in [2.75, 3.05) is 32.8 Å². The Labute approximate surface area is 138 Å². The van der Waals surface area contributed by atoms with E-state index in [2.05, 4.69) is 42.4 Å². The number of aliphatic hydroxyl groups excluding tert-OH is 1. The Bertz CT molecular complexity index is 574. The first-order valence-corrected chi connectivity index (χ1v) is 8.45. The van der Waals surface area contributed by atoms with Gasteiger partial charge in [0.2, 0.25) is 0 Å². The van der Waals surface area contributed by atoms with Gasteiger partial charge in [-0.1, -0.05) is 38.6 Å². The van der Waals surface area contributed by atoms with Gasteiger partial charge in [0.15, 0.2) is 0 Å². The summed E-state index contributed by atoms with van der Waals surface area (Å²) >= 11 is 0. The summed E-state index contributed by atoms with van der Waals surface area (Å²) in [5.41, 5.74) is 1.31. The number of ether oxygens (including phenoxy) is 1. The van der Waals surface area contributed by atoms with Gasteiger partial charge < -0.3 is 9.84 Å². The quantitative estimate of drug-likeness (QED) is 0.865. The summed E-state index contributed by atoms with van der Waals surface area (Å²) in [5, 5.41) is 10.7. The maximum Gasteiger partial charge on any atom is 0.119 e. The number of hydrogen-bond acceptors (Lipinski definition) is 4. The van der Waals surface area contributed by atoms with Crippen molar-refractivity contribution >= 4 is 0 Å². The molecule has 4 heteroatoms. The molecular weight excluding hydrogens is 288 g/mol. The Morgan fingerprint density at radius 3 is 2.13 bits per heavy atom. The Morgan fingerprint density at radius 1 is 1.13 bits per heavy atom. The molecule has 1 N–H and O–H groups in total. The van der Waals surface area contributed by atoms with Crippen LogP contribution >= 0.6 is 0 Å². The smallest absolute Gasteiger partial charge is 0.119 e.